The normalized spacial score (nSPS) is 20.4. The molecule has 0 aromatic carbocycles. The summed E-state index contributed by atoms with van der Waals surface area (Å²) in [5, 5.41) is 39.8. The number of aliphatic hydroxyl groups is 3. The van der Waals surface area contributed by atoms with Gasteiger partial charge in [-0.3, -0.25) is 9.59 Å². The number of esters is 2. The fourth-order valence-electron chi connectivity index (χ4n) is 6.43. The van der Waals surface area contributed by atoms with Gasteiger partial charge in [-0.15, -0.1) is 0 Å². The summed E-state index contributed by atoms with van der Waals surface area (Å²) >= 11 is 0. The Hall–Kier alpha value is -3.35. The van der Waals surface area contributed by atoms with Crippen molar-refractivity contribution in [3.8, 4) is 0 Å². The van der Waals surface area contributed by atoms with Crippen molar-refractivity contribution < 1.29 is 53.8 Å². The third-order valence-electron chi connectivity index (χ3n) is 10.0. The molecule has 1 heterocycles. The standard InChI is InChI=1S/C49H80O11/c1-3-5-7-9-11-13-15-17-19-20-21-22-24-25-27-29-31-33-35-37-42(50)57-39-41(40-58-49-46(54)44(52)45(53)47(60-49)48(55)56)59-43(51)38-36-34-32-30-28-26-23-18-16-14-12-10-8-6-4-2/h5,7,11,13,17-19,21-23,25,27,41,44-47,49,52-54H,3-4,6,8-10,12,14-16,20,24,26,28-40H2,1-2H3,(H,55,56)/b7-5-,13-11-,19-17-,22-21-,23-18-,27-25-. The van der Waals surface area contributed by atoms with Crippen LogP contribution in [0.2, 0.25) is 0 Å². The van der Waals surface area contributed by atoms with Gasteiger partial charge in [0.2, 0.25) is 0 Å². The maximum absolute atomic E-state index is 12.8. The summed E-state index contributed by atoms with van der Waals surface area (Å²) in [6.07, 6.45) is 39.5. The summed E-state index contributed by atoms with van der Waals surface area (Å²) in [6, 6.07) is 0. The number of carboxylic acid groups (broad SMARTS) is 1. The Labute approximate surface area is 361 Å². The van der Waals surface area contributed by atoms with Crippen LogP contribution in [0.3, 0.4) is 0 Å². The van der Waals surface area contributed by atoms with E-state index in [-0.39, 0.29) is 19.4 Å². The van der Waals surface area contributed by atoms with Crippen LogP contribution in [-0.4, -0.2) is 88.4 Å². The SMILES string of the molecule is CC/C=C\C/C=C\C/C=C\C/C=C\C/C=C\CCCCCC(=O)OCC(COC1OC(C(=O)O)C(O)C(O)C1O)OC(=O)CCCCCCC/C=C\CCCCCCCC. The molecule has 0 aliphatic carbocycles. The van der Waals surface area contributed by atoms with Gasteiger partial charge >= 0.3 is 17.9 Å². The Morgan fingerprint density at radius 2 is 0.983 bits per heavy atom. The zero-order valence-electron chi connectivity index (χ0n) is 36.9. The molecule has 60 heavy (non-hydrogen) atoms. The zero-order chi connectivity index (χ0) is 43.9. The van der Waals surface area contributed by atoms with E-state index < -0.39 is 61.3 Å². The van der Waals surface area contributed by atoms with E-state index in [1.54, 1.807) is 0 Å². The highest BCUT2D eigenvalue weighted by molar-refractivity contribution is 5.73. The zero-order valence-corrected chi connectivity index (χ0v) is 36.9. The predicted molar refractivity (Wildman–Crippen MR) is 238 cm³/mol. The van der Waals surface area contributed by atoms with Crippen LogP contribution < -0.4 is 0 Å². The van der Waals surface area contributed by atoms with Gasteiger partial charge in [-0.2, -0.15) is 0 Å². The minimum atomic E-state index is -1.87. The summed E-state index contributed by atoms with van der Waals surface area (Å²) < 4.78 is 21.7. The van der Waals surface area contributed by atoms with Crippen LogP contribution in [0.5, 0.6) is 0 Å². The summed E-state index contributed by atoms with van der Waals surface area (Å²) in [5.41, 5.74) is 0. The van der Waals surface area contributed by atoms with Gasteiger partial charge in [0, 0.05) is 12.8 Å². The molecular weight excluding hydrogens is 765 g/mol. The molecule has 0 radical (unpaired) electrons. The van der Waals surface area contributed by atoms with E-state index in [0.717, 1.165) is 89.9 Å². The molecule has 342 valence electrons. The summed E-state index contributed by atoms with van der Waals surface area (Å²) in [6.45, 7) is 3.65. The van der Waals surface area contributed by atoms with Crippen LogP contribution in [-0.2, 0) is 33.3 Å². The minimum absolute atomic E-state index is 0.162. The van der Waals surface area contributed by atoms with Gasteiger partial charge in [0.25, 0.3) is 0 Å². The number of unbranched alkanes of at least 4 members (excludes halogenated alkanes) is 14. The monoisotopic (exact) mass is 845 g/mol. The molecule has 0 amide bonds. The van der Waals surface area contributed by atoms with Gasteiger partial charge in [0.1, 0.15) is 24.9 Å². The molecule has 1 saturated heterocycles. The third kappa shape index (κ3) is 29.8. The topological polar surface area (TPSA) is 169 Å². The van der Waals surface area contributed by atoms with E-state index in [4.69, 9.17) is 18.9 Å². The van der Waals surface area contributed by atoms with Gasteiger partial charge < -0.3 is 39.4 Å². The number of ether oxygens (including phenoxy) is 4. The Morgan fingerprint density at radius 1 is 0.533 bits per heavy atom. The third-order valence-corrected chi connectivity index (χ3v) is 10.0. The summed E-state index contributed by atoms with van der Waals surface area (Å²) in [5.74, 6) is -2.50. The van der Waals surface area contributed by atoms with Crippen LogP contribution in [0, 0.1) is 0 Å². The van der Waals surface area contributed by atoms with Crippen molar-refractivity contribution in [2.75, 3.05) is 13.2 Å². The Morgan fingerprint density at radius 3 is 1.52 bits per heavy atom. The predicted octanol–water partition coefficient (Wildman–Crippen LogP) is 10.1. The number of hydrogen-bond acceptors (Lipinski definition) is 10. The molecule has 0 spiro atoms. The fourth-order valence-corrected chi connectivity index (χ4v) is 6.43. The van der Waals surface area contributed by atoms with Crippen molar-refractivity contribution in [1.82, 2.24) is 0 Å². The van der Waals surface area contributed by atoms with E-state index >= 15 is 0 Å². The van der Waals surface area contributed by atoms with Gasteiger partial charge in [0.05, 0.1) is 6.61 Å². The second kappa shape index (κ2) is 38.6. The van der Waals surface area contributed by atoms with Crippen LogP contribution >= 0.6 is 0 Å². The first-order valence-corrected chi connectivity index (χ1v) is 23.0. The smallest absolute Gasteiger partial charge is 0.335 e. The molecule has 4 N–H and O–H groups in total. The van der Waals surface area contributed by atoms with Crippen molar-refractivity contribution in [2.45, 2.75) is 205 Å². The molecule has 1 fully saturated rings. The number of aliphatic hydroxyl groups excluding tert-OH is 3. The molecule has 11 heteroatoms. The van der Waals surface area contributed by atoms with Crippen molar-refractivity contribution in [3.05, 3.63) is 72.9 Å². The lowest BCUT2D eigenvalue weighted by atomic mass is 9.99. The minimum Gasteiger partial charge on any atom is -0.479 e. The van der Waals surface area contributed by atoms with E-state index in [1.807, 2.05) is 0 Å². The van der Waals surface area contributed by atoms with E-state index in [0.29, 0.717) is 12.8 Å². The second-order valence-electron chi connectivity index (χ2n) is 15.5. The number of carbonyl (C=O) groups excluding carboxylic acids is 2. The molecule has 6 atom stereocenters. The van der Waals surface area contributed by atoms with Gasteiger partial charge in [-0.05, 0) is 83.5 Å². The van der Waals surface area contributed by atoms with E-state index in [2.05, 4.69) is 86.8 Å². The molecule has 0 bridgehead atoms. The summed E-state index contributed by atoms with van der Waals surface area (Å²) in [7, 11) is 0. The van der Waals surface area contributed by atoms with Crippen molar-refractivity contribution >= 4 is 17.9 Å². The number of hydrogen-bond donors (Lipinski definition) is 4. The van der Waals surface area contributed by atoms with E-state index in [1.165, 1.54) is 38.5 Å². The largest absolute Gasteiger partial charge is 0.479 e. The Kier molecular flexibility index (Phi) is 35.1. The molecule has 1 rings (SSSR count). The molecule has 6 unspecified atom stereocenters. The average molecular weight is 845 g/mol. The van der Waals surface area contributed by atoms with Gasteiger partial charge in [-0.1, -0.05) is 145 Å². The maximum Gasteiger partial charge on any atom is 0.335 e. The molecule has 1 aliphatic rings. The van der Waals surface area contributed by atoms with Crippen LogP contribution in [0.25, 0.3) is 0 Å². The van der Waals surface area contributed by atoms with E-state index in [9.17, 15) is 34.8 Å². The maximum atomic E-state index is 12.8. The molecule has 11 nitrogen and oxygen atoms in total. The lowest BCUT2D eigenvalue weighted by Gasteiger charge is -2.38. The van der Waals surface area contributed by atoms with Gasteiger partial charge in [-0.25, -0.2) is 4.79 Å². The molecule has 0 aromatic heterocycles. The second-order valence-corrected chi connectivity index (χ2v) is 15.5. The molecule has 0 saturated carbocycles. The van der Waals surface area contributed by atoms with Crippen LogP contribution in [0.1, 0.15) is 168 Å². The first-order chi connectivity index (χ1) is 29.2. The Balaban J connectivity index is 2.40. The summed E-state index contributed by atoms with van der Waals surface area (Å²) in [4.78, 5) is 36.8. The number of carboxylic acids is 1. The van der Waals surface area contributed by atoms with Crippen LogP contribution in [0.15, 0.2) is 72.9 Å². The highest BCUT2D eigenvalue weighted by atomic mass is 16.7. The van der Waals surface area contributed by atoms with Crippen LogP contribution in [0.4, 0.5) is 0 Å². The highest BCUT2D eigenvalue weighted by Crippen LogP contribution is 2.23. The first-order valence-electron chi connectivity index (χ1n) is 23.0. The first kappa shape index (κ1) is 54.7. The van der Waals surface area contributed by atoms with Crippen molar-refractivity contribution in [2.24, 2.45) is 0 Å². The Bertz CT molecular complexity index is 1270. The quantitative estimate of drug-likeness (QED) is 0.0267. The lowest BCUT2D eigenvalue weighted by molar-refractivity contribution is -0.298. The lowest BCUT2D eigenvalue weighted by Crippen LogP contribution is -2.60. The number of carbonyl (C=O) groups is 3. The molecule has 1 aliphatic heterocycles. The number of aliphatic carboxylic acids is 1. The molecule has 0 aromatic rings. The number of rotatable bonds is 37. The van der Waals surface area contributed by atoms with Crippen molar-refractivity contribution in [1.29, 1.82) is 0 Å². The number of allylic oxidation sites excluding steroid dienone is 12. The highest BCUT2D eigenvalue weighted by Gasteiger charge is 2.47. The molecular formula is C49H80O11. The van der Waals surface area contributed by atoms with Gasteiger partial charge in [0.15, 0.2) is 18.5 Å². The fraction of sp³-hybridized carbons (Fsp3) is 0.694. The van der Waals surface area contributed by atoms with Crippen molar-refractivity contribution in [3.63, 3.8) is 0 Å². The average Bonchev–Trinajstić information content (AvgIpc) is 3.23.